The van der Waals surface area contributed by atoms with Gasteiger partial charge in [-0.05, 0) is 30.7 Å². The summed E-state index contributed by atoms with van der Waals surface area (Å²) in [5.74, 6) is 0.990. The molecule has 0 aliphatic carbocycles. The summed E-state index contributed by atoms with van der Waals surface area (Å²) < 4.78 is 42.6. The first-order valence-electron chi connectivity index (χ1n) is 8.46. The third-order valence-corrected chi connectivity index (χ3v) is 6.10. The van der Waals surface area contributed by atoms with Crippen molar-refractivity contribution in [2.45, 2.75) is 29.9 Å². The van der Waals surface area contributed by atoms with Crippen LogP contribution in [0.3, 0.4) is 0 Å². The molecule has 0 spiro atoms. The van der Waals surface area contributed by atoms with E-state index in [1.54, 1.807) is 18.2 Å². The van der Waals surface area contributed by atoms with Crippen molar-refractivity contribution in [3.8, 4) is 11.5 Å². The largest absolute Gasteiger partial charge is 0.486 e. The van der Waals surface area contributed by atoms with Crippen LogP contribution in [0.1, 0.15) is 30.8 Å². The molecule has 2 heterocycles. The van der Waals surface area contributed by atoms with Gasteiger partial charge in [-0.15, -0.1) is 0 Å². The zero-order chi connectivity index (χ0) is 18.6. The van der Waals surface area contributed by atoms with Gasteiger partial charge in [-0.25, -0.2) is 8.42 Å². The van der Waals surface area contributed by atoms with E-state index in [4.69, 9.17) is 13.9 Å². The van der Waals surface area contributed by atoms with E-state index in [0.717, 1.165) is 0 Å². The Kier molecular flexibility index (Phi) is 5.51. The van der Waals surface area contributed by atoms with Gasteiger partial charge in [0.05, 0.1) is 11.2 Å². The Morgan fingerprint density at radius 1 is 1.19 bits per heavy atom. The molecule has 0 bridgehead atoms. The van der Waals surface area contributed by atoms with Crippen molar-refractivity contribution in [3.63, 3.8) is 0 Å². The highest BCUT2D eigenvalue weighted by molar-refractivity contribution is 7.91. The molecule has 26 heavy (non-hydrogen) atoms. The van der Waals surface area contributed by atoms with Gasteiger partial charge in [0.2, 0.25) is 5.91 Å². The molecule has 1 amide bonds. The summed E-state index contributed by atoms with van der Waals surface area (Å²) in [5, 5.41) is 1.65. The molecule has 0 unspecified atom stereocenters. The number of carbonyl (C=O) groups excluding carboxylic acids is 1. The molecule has 1 aliphatic heterocycles. The molecule has 1 N–H and O–H groups in total. The zero-order valence-corrected chi connectivity index (χ0v) is 15.3. The van der Waals surface area contributed by atoms with E-state index >= 15 is 0 Å². The van der Waals surface area contributed by atoms with Gasteiger partial charge in [0.1, 0.15) is 24.2 Å². The minimum Gasteiger partial charge on any atom is -0.486 e. The minimum absolute atomic E-state index is 0.0663. The van der Waals surface area contributed by atoms with Crippen molar-refractivity contribution in [2.24, 2.45) is 0 Å². The van der Waals surface area contributed by atoms with E-state index in [1.807, 2.05) is 6.92 Å². The van der Waals surface area contributed by atoms with Crippen LogP contribution in [-0.4, -0.2) is 34.1 Å². The number of rotatable bonds is 7. The summed E-state index contributed by atoms with van der Waals surface area (Å²) in [6.07, 6.45) is 2.44. The number of ether oxygens (including phenoxy) is 2. The molecule has 1 atom stereocenters. The Balaban J connectivity index is 1.90. The number of hydrogen-bond donors (Lipinski definition) is 1. The van der Waals surface area contributed by atoms with Crippen molar-refractivity contribution in [1.29, 1.82) is 0 Å². The van der Waals surface area contributed by atoms with Crippen LogP contribution < -0.4 is 14.8 Å². The maximum absolute atomic E-state index is 13.2. The average molecular weight is 379 g/mol. The first-order valence-corrected chi connectivity index (χ1v) is 10.0. The highest BCUT2D eigenvalue weighted by Gasteiger charge is 2.32. The number of sulfone groups is 1. The molecule has 1 aliphatic rings. The Bertz CT molecular complexity index is 860. The number of hydrogen-bond acceptors (Lipinski definition) is 6. The van der Waals surface area contributed by atoms with Crippen molar-refractivity contribution in [3.05, 3.63) is 42.4 Å². The summed E-state index contributed by atoms with van der Waals surface area (Å²) in [5.41, 5.74) is 0. The van der Waals surface area contributed by atoms with Gasteiger partial charge in [-0.2, -0.15) is 0 Å². The second kappa shape index (κ2) is 7.82. The normalized spacial score (nSPS) is 14.7. The zero-order valence-electron chi connectivity index (χ0n) is 14.4. The Morgan fingerprint density at radius 2 is 1.96 bits per heavy atom. The van der Waals surface area contributed by atoms with Crippen molar-refractivity contribution in [2.75, 3.05) is 19.8 Å². The van der Waals surface area contributed by atoms with Gasteiger partial charge >= 0.3 is 0 Å². The second-order valence-electron chi connectivity index (χ2n) is 5.91. The van der Waals surface area contributed by atoms with Crippen LogP contribution in [0.2, 0.25) is 0 Å². The van der Waals surface area contributed by atoms with E-state index < -0.39 is 15.1 Å². The number of nitrogens with one attached hydrogen (secondary N) is 1. The monoisotopic (exact) mass is 379 g/mol. The van der Waals surface area contributed by atoms with Gasteiger partial charge in [0, 0.05) is 19.0 Å². The minimum atomic E-state index is -3.81. The number of amides is 1. The molecule has 7 nitrogen and oxygen atoms in total. The van der Waals surface area contributed by atoms with Gasteiger partial charge in [-0.3, -0.25) is 4.79 Å². The summed E-state index contributed by atoms with van der Waals surface area (Å²) in [6.45, 7) is 2.61. The molecule has 0 saturated carbocycles. The van der Waals surface area contributed by atoms with Gasteiger partial charge in [-0.1, -0.05) is 6.92 Å². The number of furan rings is 1. The van der Waals surface area contributed by atoms with Crippen LogP contribution in [0.5, 0.6) is 11.5 Å². The third kappa shape index (κ3) is 3.85. The van der Waals surface area contributed by atoms with Crippen molar-refractivity contribution in [1.82, 2.24) is 5.32 Å². The Labute approximate surface area is 152 Å². The summed E-state index contributed by atoms with van der Waals surface area (Å²) in [4.78, 5) is 11.9. The quantitative estimate of drug-likeness (QED) is 0.794. The van der Waals surface area contributed by atoms with Crippen molar-refractivity contribution < 1.29 is 27.1 Å². The predicted molar refractivity (Wildman–Crippen MR) is 94.0 cm³/mol. The van der Waals surface area contributed by atoms with E-state index in [1.165, 1.54) is 18.4 Å². The van der Waals surface area contributed by atoms with Crippen LogP contribution in [0.4, 0.5) is 0 Å². The molecule has 8 heteroatoms. The lowest BCUT2D eigenvalue weighted by Gasteiger charge is -2.21. The Hall–Kier alpha value is -2.48. The maximum Gasteiger partial charge on any atom is 0.220 e. The lowest BCUT2D eigenvalue weighted by atomic mass is 10.3. The van der Waals surface area contributed by atoms with Gasteiger partial charge in [0.15, 0.2) is 21.3 Å². The number of carbonyl (C=O) groups is 1. The summed E-state index contributed by atoms with van der Waals surface area (Å²) >= 11 is 0. The molecule has 2 aromatic rings. The van der Waals surface area contributed by atoms with Crippen LogP contribution >= 0.6 is 0 Å². The molecular weight excluding hydrogens is 358 g/mol. The predicted octanol–water partition coefficient (Wildman–Crippen LogP) is 2.48. The van der Waals surface area contributed by atoms with Gasteiger partial charge in [0.25, 0.3) is 0 Å². The van der Waals surface area contributed by atoms with Crippen molar-refractivity contribution >= 4 is 15.7 Å². The van der Waals surface area contributed by atoms with Crippen LogP contribution in [0, 0.1) is 0 Å². The summed E-state index contributed by atoms with van der Waals surface area (Å²) in [7, 11) is -3.81. The lowest BCUT2D eigenvalue weighted by Crippen LogP contribution is -2.31. The van der Waals surface area contributed by atoms with Crippen LogP contribution in [-0.2, 0) is 14.6 Å². The molecular formula is C18H21NO6S. The first kappa shape index (κ1) is 18.3. The molecule has 1 aromatic heterocycles. The number of fused-ring (bicyclic) bond motifs is 1. The third-order valence-electron chi connectivity index (χ3n) is 4.04. The standard InChI is InChI=1S/C18H21NO6S/c1-2-4-18(20)19-12-17(15-5-3-8-23-15)26(21,22)13-6-7-14-16(11-13)25-10-9-24-14/h3,5-8,11,17H,2,4,9-10,12H2,1H3,(H,19,20)/t17-/m1/s1. The van der Waals surface area contributed by atoms with Gasteiger partial charge < -0.3 is 19.2 Å². The molecule has 0 fully saturated rings. The first-order chi connectivity index (χ1) is 12.5. The lowest BCUT2D eigenvalue weighted by molar-refractivity contribution is -0.121. The van der Waals surface area contributed by atoms with E-state index in [0.29, 0.717) is 37.6 Å². The molecule has 140 valence electrons. The highest BCUT2D eigenvalue weighted by atomic mass is 32.2. The fourth-order valence-corrected chi connectivity index (χ4v) is 4.32. The molecule has 0 saturated heterocycles. The molecule has 1 aromatic carbocycles. The topological polar surface area (TPSA) is 94.8 Å². The SMILES string of the molecule is CCCC(=O)NC[C@H](c1ccco1)S(=O)(=O)c1ccc2c(c1)OCCO2. The van der Waals surface area contributed by atoms with E-state index in [-0.39, 0.29) is 23.1 Å². The summed E-state index contributed by atoms with van der Waals surface area (Å²) in [6, 6.07) is 7.72. The number of benzene rings is 1. The fraction of sp³-hybridized carbons (Fsp3) is 0.389. The van der Waals surface area contributed by atoms with E-state index in [2.05, 4.69) is 5.32 Å². The second-order valence-corrected chi connectivity index (χ2v) is 8.04. The highest BCUT2D eigenvalue weighted by Crippen LogP contribution is 2.36. The Morgan fingerprint density at radius 3 is 2.65 bits per heavy atom. The van der Waals surface area contributed by atoms with Crippen LogP contribution in [0.25, 0.3) is 0 Å². The molecule has 0 radical (unpaired) electrons. The van der Waals surface area contributed by atoms with E-state index in [9.17, 15) is 13.2 Å². The van der Waals surface area contributed by atoms with Crippen LogP contribution in [0.15, 0.2) is 45.9 Å². The smallest absolute Gasteiger partial charge is 0.220 e. The molecule has 3 rings (SSSR count). The average Bonchev–Trinajstić information content (AvgIpc) is 3.15. The fourth-order valence-electron chi connectivity index (χ4n) is 2.72. The maximum atomic E-state index is 13.2.